The zero-order valence-corrected chi connectivity index (χ0v) is 19.7. The van der Waals surface area contributed by atoms with Crippen LogP contribution in [-0.2, 0) is 10.0 Å². The van der Waals surface area contributed by atoms with Crippen LogP contribution in [0.25, 0.3) is 0 Å². The summed E-state index contributed by atoms with van der Waals surface area (Å²) in [6.45, 7) is 0.661. The first-order valence-corrected chi connectivity index (χ1v) is 12.9. The fraction of sp³-hybridized carbons (Fsp3) is 0.480. The highest BCUT2D eigenvalue weighted by molar-refractivity contribution is 7.89. The number of benzene rings is 2. The van der Waals surface area contributed by atoms with Crippen molar-refractivity contribution in [2.75, 3.05) is 20.7 Å². The monoisotopic (exact) mass is 456 g/mol. The molecule has 32 heavy (non-hydrogen) atoms. The quantitative estimate of drug-likeness (QED) is 0.636. The van der Waals surface area contributed by atoms with E-state index in [4.69, 9.17) is 4.74 Å². The highest BCUT2D eigenvalue weighted by atomic mass is 32.2. The smallest absolute Gasteiger partial charge is 0.254 e. The molecule has 0 N–H and O–H groups in total. The van der Waals surface area contributed by atoms with Crippen LogP contribution in [0.2, 0.25) is 0 Å². The minimum absolute atomic E-state index is 0.0152. The zero-order chi connectivity index (χ0) is 22.7. The highest BCUT2D eigenvalue weighted by Gasteiger charge is 2.33. The number of methoxy groups -OCH3 is 1. The molecule has 6 nitrogen and oxygen atoms in total. The van der Waals surface area contributed by atoms with Gasteiger partial charge in [-0.15, -0.1) is 0 Å². The minimum Gasteiger partial charge on any atom is -0.497 e. The number of rotatable bonds is 6. The first kappa shape index (κ1) is 22.8. The third-order valence-corrected chi connectivity index (χ3v) is 8.77. The van der Waals surface area contributed by atoms with Crippen LogP contribution >= 0.6 is 0 Å². The Hall–Kier alpha value is -2.38. The molecule has 2 aromatic carbocycles. The lowest BCUT2D eigenvalue weighted by molar-refractivity contribution is 0.0735. The van der Waals surface area contributed by atoms with Gasteiger partial charge in [-0.1, -0.05) is 37.5 Å². The summed E-state index contributed by atoms with van der Waals surface area (Å²) in [5.41, 5.74) is 1.49. The molecule has 0 aromatic heterocycles. The van der Waals surface area contributed by atoms with Gasteiger partial charge in [-0.25, -0.2) is 8.42 Å². The van der Waals surface area contributed by atoms with E-state index in [2.05, 4.69) is 0 Å². The number of hydrogen-bond donors (Lipinski definition) is 0. The fourth-order valence-corrected chi connectivity index (χ4v) is 6.41. The Morgan fingerprint density at radius 1 is 1.00 bits per heavy atom. The summed E-state index contributed by atoms with van der Waals surface area (Å²) in [6.07, 6.45) is 6.89. The van der Waals surface area contributed by atoms with Gasteiger partial charge in [0.2, 0.25) is 10.0 Å². The van der Waals surface area contributed by atoms with Gasteiger partial charge in [0.05, 0.1) is 18.0 Å². The van der Waals surface area contributed by atoms with E-state index in [0.717, 1.165) is 49.8 Å². The lowest BCUT2D eigenvalue weighted by atomic mass is 9.96. The van der Waals surface area contributed by atoms with Crippen molar-refractivity contribution >= 4 is 15.9 Å². The molecule has 1 heterocycles. The molecule has 172 valence electrons. The Morgan fingerprint density at radius 3 is 2.41 bits per heavy atom. The van der Waals surface area contributed by atoms with Crippen molar-refractivity contribution in [2.24, 2.45) is 0 Å². The largest absolute Gasteiger partial charge is 0.497 e. The van der Waals surface area contributed by atoms with Crippen molar-refractivity contribution in [3.63, 3.8) is 0 Å². The molecule has 2 aromatic rings. The van der Waals surface area contributed by atoms with Crippen molar-refractivity contribution < 1.29 is 17.9 Å². The summed E-state index contributed by atoms with van der Waals surface area (Å²) in [4.78, 5) is 15.4. The summed E-state index contributed by atoms with van der Waals surface area (Å²) >= 11 is 0. The van der Waals surface area contributed by atoms with Gasteiger partial charge in [-0.2, -0.15) is 4.31 Å². The molecule has 1 atom stereocenters. The summed E-state index contributed by atoms with van der Waals surface area (Å²) in [5.74, 6) is 0.658. The summed E-state index contributed by atoms with van der Waals surface area (Å²) < 4.78 is 33.3. The predicted molar refractivity (Wildman–Crippen MR) is 124 cm³/mol. The molecule has 7 heteroatoms. The maximum absolute atomic E-state index is 13.4. The number of likely N-dealkylation sites (tertiary alicyclic amines) is 1. The van der Waals surface area contributed by atoms with E-state index in [9.17, 15) is 13.2 Å². The van der Waals surface area contributed by atoms with E-state index in [-0.39, 0.29) is 22.9 Å². The molecular weight excluding hydrogens is 424 g/mol. The van der Waals surface area contributed by atoms with Crippen LogP contribution in [0.1, 0.15) is 66.9 Å². The second-order valence-corrected chi connectivity index (χ2v) is 10.8. The van der Waals surface area contributed by atoms with Crippen LogP contribution in [0.5, 0.6) is 5.75 Å². The maximum atomic E-state index is 13.4. The van der Waals surface area contributed by atoms with E-state index < -0.39 is 10.0 Å². The van der Waals surface area contributed by atoms with Gasteiger partial charge < -0.3 is 9.64 Å². The van der Waals surface area contributed by atoms with Crippen LogP contribution in [0.4, 0.5) is 0 Å². The van der Waals surface area contributed by atoms with Crippen molar-refractivity contribution in [2.45, 2.75) is 61.9 Å². The van der Waals surface area contributed by atoms with Gasteiger partial charge in [-0.3, -0.25) is 4.79 Å². The number of amides is 1. The Kier molecular flexibility index (Phi) is 6.86. The van der Waals surface area contributed by atoms with Gasteiger partial charge in [0.1, 0.15) is 5.75 Å². The molecule has 2 fully saturated rings. The normalized spacial score (nSPS) is 20.0. The van der Waals surface area contributed by atoms with E-state index in [1.54, 1.807) is 38.4 Å². The van der Waals surface area contributed by atoms with Gasteiger partial charge in [0.15, 0.2) is 0 Å². The topological polar surface area (TPSA) is 66.9 Å². The fourth-order valence-electron chi connectivity index (χ4n) is 4.94. The molecule has 1 saturated heterocycles. The molecule has 4 rings (SSSR count). The molecule has 1 saturated carbocycles. The van der Waals surface area contributed by atoms with Crippen molar-refractivity contribution in [1.29, 1.82) is 0 Å². The second kappa shape index (κ2) is 9.63. The van der Waals surface area contributed by atoms with Crippen LogP contribution in [0.3, 0.4) is 0 Å². The molecule has 1 amide bonds. The highest BCUT2D eigenvalue weighted by Crippen LogP contribution is 2.34. The number of sulfonamides is 1. The van der Waals surface area contributed by atoms with Crippen molar-refractivity contribution in [3.8, 4) is 5.75 Å². The third-order valence-electron chi connectivity index (χ3n) is 6.86. The zero-order valence-electron chi connectivity index (χ0n) is 18.9. The standard InChI is InChI=1S/C25H32N2O4S/c1-26(21-9-4-3-5-10-21)32(29,30)23-11-6-8-20(18-23)25(28)27-17-7-12-24(27)19-13-15-22(31-2)16-14-19/h6,8,11,13-16,18,21,24H,3-5,7,9-10,12,17H2,1-2H3. The minimum atomic E-state index is -3.64. The first-order chi connectivity index (χ1) is 15.4. The summed E-state index contributed by atoms with van der Waals surface area (Å²) in [6, 6.07) is 14.3. The Bertz CT molecular complexity index is 1050. The molecule has 1 unspecified atom stereocenters. The van der Waals surface area contributed by atoms with Gasteiger partial charge in [0.25, 0.3) is 5.91 Å². The van der Waals surface area contributed by atoms with E-state index in [0.29, 0.717) is 12.1 Å². The second-order valence-electron chi connectivity index (χ2n) is 8.77. The lowest BCUT2D eigenvalue weighted by Gasteiger charge is -2.30. The lowest BCUT2D eigenvalue weighted by Crippen LogP contribution is -2.38. The van der Waals surface area contributed by atoms with Crippen molar-refractivity contribution in [3.05, 3.63) is 59.7 Å². The Morgan fingerprint density at radius 2 is 1.72 bits per heavy atom. The first-order valence-electron chi connectivity index (χ1n) is 11.4. The molecule has 2 aliphatic rings. The van der Waals surface area contributed by atoms with Gasteiger partial charge in [-0.05, 0) is 61.6 Å². The number of hydrogen-bond acceptors (Lipinski definition) is 4. The molecule has 0 bridgehead atoms. The van der Waals surface area contributed by atoms with Gasteiger partial charge >= 0.3 is 0 Å². The average Bonchev–Trinajstić information content (AvgIpc) is 3.33. The Labute approximate surface area is 191 Å². The van der Waals surface area contributed by atoms with E-state index >= 15 is 0 Å². The molecule has 0 spiro atoms. The molecular formula is C25H32N2O4S. The van der Waals surface area contributed by atoms with E-state index in [1.165, 1.54) is 10.7 Å². The maximum Gasteiger partial charge on any atom is 0.254 e. The molecule has 1 aliphatic heterocycles. The third kappa shape index (κ3) is 4.55. The molecule has 0 radical (unpaired) electrons. The summed E-state index contributed by atoms with van der Waals surface area (Å²) in [7, 11) is -0.344. The van der Waals surface area contributed by atoms with Crippen molar-refractivity contribution in [1.82, 2.24) is 9.21 Å². The predicted octanol–water partition coefficient (Wildman–Crippen LogP) is 4.63. The average molecular weight is 457 g/mol. The van der Waals surface area contributed by atoms with Crippen LogP contribution < -0.4 is 4.74 Å². The number of nitrogens with zero attached hydrogens (tertiary/aromatic N) is 2. The van der Waals surface area contributed by atoms with Crippen LogP contribution in [0.15, 0.2) is 53.4 Å². The Balaban J connectivity index is 1.56. The SMILES string of the molecule is COc1ccc(C2CCCN2C(=O)c2cccc(S(=O)(=O)N(C)C3CCCCC3)c2)cc1. The van der Waals surface area contributed by atoms with Gasteiger partial charge in [0, 0.05) is 25.2 Å². The number of ether oxygens (including phenoxy) is 1. The van der Waals surface area contributed by atoms with Crippen LogP contribution in [-0.4, -0.2) is 50.3 Å². The van der Waals surface area contributed by atoms with Crippen LogP contribution in [0, 0.1) is 0 Å². The summed E-state index contributed by atoms with van der Waals surface area (Å²) in [5, 5.41) is 0. The molecule has 1 aliphatic carbocycles. The van der Waals surface area contributed by atoms with E-state index in [1.807, 2.05) is 29.2 Å². The number of carbonyl (C=O) groups is 1. The number of carbonyl (C=O) groups excluding carboxylic acids is 1.